The van der Waals surface area contributed by atoms with Crippen molar-refractivity contribution in [1.82, 2.24) is 19.0 Å². The summed E-state index contributed by atoms with van der Waals surface area (Å²) in [6, 6.07) is 3.74. The number of likely N-dealkylation sites (tertiary alicyclic amines) is 1. The molecule has 0 saturated carbocycles. The summed E-state index contributed by atoms with van der Waals surface area (Å²) < 4.78 is 27.6. The summed E-state index contributed by atoms with van der Waals surface area (Å²) in [4.78, 5) is 32.3. The molecular weight excluding hydrogens is 460 g/mol. The lowest BCUT2D eigenvalue weighted by molar-refractivity contribution is -0.137. The molecule has 1 unspecified atom stereocenters. The number of hydrogen-bond donors (Lipinski definition) is 0. The average molecular weight is 497 g/mol. The van der Waals surface area contributed by atoms with Crippen molar-refractivity contribution in [3.63, 3.8) is 0 Å². The van der Waals surface area contributed by atoms with Crippen LogP contribution in [-0.4, -0.2) is 97.6 Å². The van der Waals surface area contributed by atoms with E-state index in [0.29, 0.717) is 56.1 Å². The molecule has 0 aliphatic carbocycles. The molecule has 0 bridgehead atoms. The van der Waals surface area contributed by atoms with Crippen molar-refractivity contribution < 1.29 is 18.0 Å². The van der Waals surface area contributed by atoms with E-state index in [1.165, 1.54) is 17.8 Å². The molecule has 1 aromatic rings. The minimum Gasteiger partial charge on any atom is -0.340 e. The quantitative estimate of drug-likeness (QED) is 0.602. The standard InChI is InChI=1S/C23H36N4O4S2/c1-19-7-3-6-12-27(19)22(29)18-24-13-15-25(16-14-24)21(28)17-20-8-9-23(32-20)33(30,31)26-10-4-2-5-11-26/h8-9,19H,2-7,10-18H2,1H3. The van der Waals surface area contributed by atoms with E-state index in [1.54, 1.807) is 16.4 Å². The predicted molar refractivity (Wildman–Crippen MR) is 129 cm³/mol. The maximum absolute atomic E-state index is 12.9. The highest BCUT2D eigenvalue weighted by molar-refractivity contribution is 7.91. The van der Waals surface area contributed by atoms with Gasteiger partial charge >= 0.3 is 0 Å². The molecule has 10 heteroatoms. The molecule has 8 nitrogen and oxygen atoms in total. The number of thiophene rings is 1. The van der Waals surface area contributed by atoms with Crippen molar-refractivity contribution in [3.8, 4) is 0 Å². The highest BCUT2D eigenvalue weighted by Crippen LogP contribution is 2.27. The second kappa shape index (κ2) is 10.8. The van der Waals surface area contributed by atoms with E-state index < -0.39 is 10.0 Å². The van der Waals surface area contributed by atoms with E-state index in [1.807, 2.05) is 9.80 Å². The van der Waals surface area contributed by atoms with Crippen molar-refractivity contribution in [1.29, 1.82) is 0 Å². The molecule has 184 valence electrons. The Labute approximate surface area is 201 Å². The van der Waals surface area contributed by atoms with E-state index >= 15 is 0 Å². The molecule has 2 amide bonds. The third-order valence-electron chi connectivity index (χ3n) is 7.08. The van der Waals surface area contributed by atoms with E-state index in [9.17, 15) is 18.0 Å². The Balaban J connectivity index is 1.25. The van der Waals surface area contributed by atoms with Crippen LogP contribution in [0.15, 0.2) is 16.3 Å². The summed E-state index contributed by atoms with van der Waals surface area (Å²) in [7, 11) is -3.45. The van der Waals surface area contributed by atoms with Crippen LogP contribution >= 0.6 is 11.3 Å². The molecule has 3 aliphatic rings. The summed E-state index contributed by atoms with van der Waals surface area (Å²) >= 11 is 1.21. The lowest BCUT2D eigenvalue weighted by Crippen LogP contribution is -2.53. The Morgan fingerprint density at radius 1 is 0.909 bits per heavy atom. The van der Waals surface area contributed by atoms with Gasteiger partial charge in [0.1, 0.15) is 4.21 Å². The molecule has 3 saturated heterocycles. The van der Waals surface area contributed by atoms with Crippen LogP contribution in [0, 0.1) is 0 Å². The van der Waals surface area contributed by atoms with Gasteiger partial charge in [0.05, 0.1) is 13.0 Å². The number of sulfonamides is 1. The van der Waals surface area contributed by atoms with E-state index in [-0.39, 0.29) is 18.2 Å². The van der Waals surface area contributed by atoms with Crippen molar-refractivity contribution in [2.24, 2.45) is 0 Å². The maximum atomic E-state index is 12.9. The Kier molecular flexibility index (Phi) is 8.09. The fourth-order valence-corrected chi connectivity index (χ4v) is 8.01. The van der Waals surface area contributed by atoms with Gasteiger partial charge in [-0.15, -0.1) is 11.3 Å². The number of piperidine rings is 2. The van der Waals surface area contributed by atoms with Crippen LogP contribution in [0.25, 0.3) is 0 Å². The van der Waals surface area contributed by atoms with Crippen LogP contribution < -0.4 is 0 Å². The predicted octanol–water partition coefficient (Wildman–Crippen LogP) is 2.01. The van der Waals surface area contributed by atoms with E-state index in [0.717, 1.165) is 43.5 Å². The Morgan fingerprint density at radius 2 is 1.61 bits per heavy atom. The lowest BCUT2D eigenvalue weighted by Gasteiger charge is -2.38. The van der Waals surface area contributed by atoms with Crippen LogP contribution in [-0.2, 0) is 26.0 Å². The van der Waals surface area contributed by atoms with Crippen molar-refractivity contribution in [2.75, 3.05) is 52.4 Å². The van der Waals surface area contributed by atoms with Gasteiger partial charge in [0.15, 0.2) is 0 Å². The third-order valence-corrected chi connectivity index (χ3v) is 10.5. The van der Waals surface area contributed by atoms with E-state index in [2.05, 4.69) is 11.8 Å². The lowest BCUT2D eigenvalue weighted by atomic mass is 10.0. The Bertz CT molecular complexity index is 934. The van der Waals surface area contributed by atoms with Gasteiger partial charge in [0.2, 0.25) is 11.8 Å². The van der Waals surface area contributed by atoms with Gasteiger partial charge in [-0.05, 0) is 51.2 Å². The van der Waals surface area contributed by atoms with Gasteiger partial charge in [-0.2, -0.15) is 4.31 Å². The maximum Gasteiger partial charge on any atom is 0.252 e. The number of carbonyl (C=O) groups is 2. The number of rotatable bonds is 6. The SMILES string of the molecule is CC1CCCCN1C(=O)CN1CCN(C(=O)Cc2ccc(S(=O)(=O)N3CCCCC3)s2)CC1. The Morgan fingerprint density at radius 3 is 2.30 bits per heavy atom. The molecule has 0 radical (unpaired) electrons. The second-order valence-electron chi connectivity index (χ2n) is 9.45. The molecule has 4 heterocycles. The highest BCUT2D eigenvalue weighted by Gasteiger charge is 2.29. The number of carbonyl (C=O) groups excluding carboxylic acids is 2. The van der Waals surface area contributed by atoms with Crippen LogP contribution in [0.1, 0.15) is 50.3 Å². The first-order chi connectivity index (χ1) is 15.8. The molecule has 0 N–H and O–H groups in total. The van der Waals surface area contributed by atoms with Gasteiger partial charge in [-0.25, -0.2) is 8.42 Å². The minimum atomic E-state index is -3.45. The number of piperazine rings is 1. The number of hydrogen-bond acceptors (Lipinski definition) is 6. The second-order valence-corrected chi connectivity index (χ2v) is 12.8. The molecule has 0 spiro atoms. The van der Waals surface area contributed by atoms with Gasteiger partial charge in [-0.1, -0.05) is 6.42 Å². The fourth-order valence-electron chi connectivity index (χ4n) is 4.99. The van der Waals surface area contributed by atoms with Crippen LogP contribution in [0.5, 0.6) is 0 Å². The van der Waals surface area contributed by atoms with Gasteiger partial charge in [0.25, 0.3) is 10.0 Å². The zero-order valence-corrected chi connectivity index (χ0v) is 21.2. The molecule has 0 aromatic carbocycles. The van der Waals surface area contributed by atoms with Gasteiger partial charge in [0, 0.05) is 56.7 Å². The molecule has 3 aliphatic heterocycles. The first-order valence-electron chi connectivity index (χ1n) is 12.2. The summed E-state index contributed by atoms with van der Waals surface area (Å²) in [5.41, 5.74) is 0. The average Bonchev–Trinajstić information content (AvgIpc) is 3.29. The summed E-state index contributed by atoms with van der Waals surface area (Å²) in [5, 5.41) is 0. The molecule has 1 aromatic heterocycles. The Hall–Kier alpha value is -1.49. The van der Waals surface area contributed by atoms with Crippen molar-refractivity contribution >= 4 is 33.2 Å². The first kappa shape index (κ1) is 24.6. The largest absolute Gasteiger partial charge is 0.340 e. The summed E-state index contributed by atoms with van der Waals surface area (Å²) in [5.74, 6) is 0.220. The fraction of sp³-hybridized carbons (Fsp3) is 0.739. The van der Waals surface area contributed by atoms with Gasteiger partial charge < -0.3 is 9.80 Å². The molecule has 3 fully saturated rings. The van der Waals surface area contributed by atoms with E-state index in [4.69, 9.17) is 0 Å². The molecule has 1 atom stereocenters. The number of amides is 2. The molecular formula is C23H36N4O4S2. The normalized spacial score (nSPS) is 23.6. The summed E-state index contributed by atoms with van der Waals surface area (Å²) in [6.45, 7) is 7.16. The minimum absolute atomic E-state index is 0.0226. The highest BCUT2D eigenvalue weighted by atomic mass is 32.2. The smallest absolute Gasteiger partial charge is 0.252 e. The van der Waals surface area contributed by atoms with Crippen LogP contribution in [0.4, 0.5) is 0 Å². The summed E-state index contributed by atoms with van der Waals surface area (Å²) in [6.07, 6.45) is 6.48. The third kappa shape index (κ3) is 5.96. The van der Waals surface area contributed by atoms with Gasteiger partial charge in [-0.3, -0.25) is 14.5 Å². The zero-order valence-electron chi connectivity index (χ0n) is 19.6. The van der Waals surface area contributed by atoms with Crippen LogP contribution in [0.3, 0.4) is 0 Å². The zero-order chi connectivity index (χ0) is 23.4. The molecule has 4 rings (SSSR count). The monoisotopic (exact) mass is 496 g/mol. The first-order valence-corrected chi connectivity index (χ1v) is 14.5. The molecule has 33 heavy (non-hydrogen) atoms. The van der Waals surface area contributed by atoms with Crippen molar-refractivity contribution in [2.45, 2.75) is 62.1 Å². The number of nitrogens with zero attached hydrogens (tertiary/aromatic N) is 4. The van der Waals surface area contributed by atoms with Crippen molar-refractivity contribution in [3.05, 3.63) is 17.0 Å². The topological polar surface area (TPSA) is 81.2 Å². The van der Waals surface area contributed by atoms with Crippen LogP contribution in [0.2, 0.25) is 0 Å².